The van der Waals surface area contributed by atoms with E-state index >= 15 is 0 Å². The molecule has 0 saturated heterocycles. The van der Waals surface area contributed by atoms with Crippen LogP contribution in [0.15, 0.2) is 159 Å². The summed E-state index contributed by atoms with van der Waals surface area (Å²) in [6.07, 6.45) is -14.4. The predicted octanol–water partition coefficient (Wildman–Crippen LogP) is 15.0. The third-order valence-electron chi connectivity index (χ3n) is 15.9. The number of carbonyl (C=O) groups excluding carboxylic acids is 2. The monoisotopic (exact) mass is 1380 g/mol. The molecule has 0 N–H and O–H groups in total. The fraction of sp³-hybridized carbons (Fsp3) is 0.378. The molecule has 2 heterocycles. The number of halogens is 8. The Morgan fingerprint density at radius 2 is 1.03 bits per heavy atom. The lowest BCUT2D eigenvalue weighted by Gasteiger charge is -2.28. The molecule has 0 fully saturated rings. The zero-order valence-corrected chi connectivity index (χ0v) is 55.0. The number of nitrogens with zero attached hydrogens (tertiary/aromatic N) is 8. The fourth-order valence-electron chi connectivity index (χ4n) is 10.5. The summed E-state index contributed by atoms with van der Waals surface area (Å²) >= 11 is 1.75. The van der Waals surface area contributed by atoms with Gasteiger partial charge in [-0.1, -0.05) is 155 Å². The number of rotatable bonds is 26. The molecule has 0 saturated carbocycles. The normalized spacial score (nSPS) is 18.1. The Kier molecular flexibility index (Phi) is 18.2. The number of likely N-dealkylation sites (N-methyl/N-ethyl adjacent to an activating group) is 2. The van der Waals surface area contributed by atoms with Crippen molar-refractivity contribution in [1.29, 1.82) is 0 Å². The lowest BCUT2D eigenvalue weighted by molar-refractivity contribution is -0.138. The van der Waals surface area contributed by atoms with Crippen molar-refractivity contribution in [3.05, 3.63) is 233 Å². The number of hydrogen-bond acceptors (Lipinski definition) is 10. The summed E-state index contributed by atoms with van der Waals surface area (Å²) in [4.78, 5) is 70.2. The summed E-state index contributed by atoms with van der Waals surface area (Å²) in [6, 6.07) is 15.7. The Labute approximate surface area is 586 Å². The minimum absolute atomic E-state index is 0.00156. The highest BCUT2D eigenvalue weighted by molar-refractivity contribution is 7.98. The molecule has 0 aliphatic heterocycles. The minimum atomic E-state index is -5.08. The summed E-state index contributed by atoms with van der Waals surface area (Å²) in [6.45, 7) is 5.29. The molecule has 0 spiro atoms. The van der Waals surface area contributed by atoms with Crippen LogP contribution in [-0.2, 0) is 85.1 Å². The van der Waals surface area contributed by atoms with Crippen molar-refractivity contribution in [2.45, 2.75) is 134 Å². The van der Waals surface area contributed by atoms with Crippen LogP contribution in [-0.4, -0.2) is 103 Å². The van der Waals surface area contributed by atoms with Gasteiger partial charge in [0.25, 0.3) is 11.1 Å². The summed E-state index contributed by atoms with van der Waals surface area (Å²) in [7, 11) is 0. The van der Waals surface area contributed by atoms with Crippen molar-refractivity contribution >= 4 is 35.3 Å². The smallest absolute Gasteiger partial charge is 0.336 e. The van der Waals surface area contributed by atoms with Gasteiger partial charge in [-0.15, -0.1) is 0 Å². The van der Waals surface area contributed by atoms with Crippen molar-refractivity contribution in [2.24, 2.45) is 5.89 Å². The van der Waals surface area contributed by atoms with Crippen molar-refractivity contribution in [2.75, 3.05) is 52.4 Å². The third-order valence-corrected chi connectivity index (χ3v) is 18.0. The number of aromatic nitrogens is 4. The van der Waals surface area contributed by atoms with Gasteiger partial charge in [0.2, 0.25) is 11.8 Å². The molecule has 2 aliphatic rings. The number of hydrogen-bond donors (Lipinski definition) is 0. The van der Waals surface area contributed by atoms with Gasteiger partial charge in [0.15, 0.2) is 10.3 Å². The molecule has 2 aromatic heterocycles. The SMILES string of the molecule is [2H]C([2H])(C(=O)N(CCN(CC)CC)Cc1ccc(-c2ccc(C(F)(F)F)cc2)cc1)n1c(SCc2ccc(F)cc2)nc(=O)c2c1C([2H])([2H])C([2H])(C)C2([2H])[2H].[2H]c1c([2H])c(-c2c([2H])c([2H])c(C(F)(F)F)c(C)c2[2H])c([2H])c([2H])c1CN(CCN(CC)CC)C(=O)C([2H])([2H])n1c(SCc2ccc(F)cc2)nc(=O)c2c1CCC2. The summed E-state index contributed by atoms with van der Waals surface area (Å²) in [5.41, 5.74) is -4.80. The van der Waals surface area contributed by atoms with E-state index in [1.807, 2.05) is 37.5 Å². The van der Waals surface area contributed by atoms with Crippen molar-refractivity contribution in [3.63, 3.8) is 0 Å². The molecule has 508 valence electrons. The average molecular weight is 1380 g/mol. The molecule has 0 bridgehead atoms. The zero-order valence-electron chi connectivity index (χ0n) is 69.4. The highest BCUT2D eigenvalue weighted by Crippen LogP contribution is 2.36. The predicted molar refractivity (Wildman–Crippen MR) is 362 cm³/mol. The Balaban J connectivity index is 0.000000257. The topological polar surface area (TPSA) is 117 Å². The lowest BCUT2D eigenvalue weighted by Crippen LogP contribution is -2.40. The maximum Gasteiger partial charge on any atom is 0.416 e. The van der Waals surface area contributed by atoms with Crippen molar-refractivity contribution < 1.29 is 66.6 Å². The Hall–Kier alpha value is -7.92. The van der Waals surface area contributed by atoms with Crippen molar-refractivity contribution in [1.82, 2.24) is 38.7 Å². The minimum Gasteiger partial charge on any atom is -0.336 e. The van der Waals surface area contributed by atoms with Crippen LogP contribution in [0.5, 0.6) is 0 Å². The molecular formula is C74H80F8N8O4S2. The molecule has 12 nitrogen and oxygen atoms in total. The highest BCUT2D eigenvalue weighted by Gasteiger charge is 2.34. The number of amides is 2. The van der Waals surface area contributed by atoms with E-state index in [4.69, 9.17) is 16.4 Å². The van der Waals surface area contributed by atoms with Gasteiger partial charge >= 0.3 is 12.4 Å². The van der Waals surface area contributed by atoms with Gasteiger partial charge in [0.1, 0.15) is 24.6 Å². The second-order valence-electron chi connectivity index (χ2n) is 22.4. The molecule has 0 radical (unpaired) electrons. The van der Waals surface area contributed by atoms with Crippen LogP contribution < -0.4 is 11.1 Å². The average Bonchev–Trinajstić information content (AvgIpc) is 1.56. The Morgan fingerprint density at radius 3 is 1.52 bits per heavy atom. The first-order chi connectivity index (χ1) is 52.2. The molecule has 22 heteroatoms. The second-order valence-corrected chi connectivity index (χ2v) is 24.3. The van der Waals surface area contributed by atoms with E-state index < -0.39 is 172 Å². The molecule has 8 aromatic rings. The van der Waals surface area contributed by atoms with E-state index in [1.165, 1.54) is 65.6 Å². The van der Waals surface area contributed by atoms with Crippen LogP contribution in [0, 0.1) is 24.5 Å². The van der Waals surface area contributed by atoms with Gasteiger partial charge < -0.3 is 28.7 Å². The molecule has 10 rings (SSSR count). The number of benzene rings is 6. The molecule has 2 aliphatic carbocycles. The first-order valence-electron chi connectivity index (χ1n) is 38.9. The van der Waals surface area contributed by atoms with Crippen LogP contribution in [0.4, 0.5) is 35.1 Å². The van der Waals surface area contributed by atoms with Crippen LogP contribution >= 0.6 is 23.5 Å². The first-order valence-corrected chi connectivity index (χ1v) is 32.9. The van der Waals surface area contributed by atoms with E-state index in [1.54, 1.807) is 24.3 Å². The highest BCUT2D eigenvalue weighted by atomic mass is 32.2. The molecule has 1 atom stereocenters. The molecule has 2 amide bonds. The molecular weight excluding hydrogens is 1280 g/mol. The third kappa shape index (κ3) is 19.0. The van der Waals surface area contributed by atoms with Crippen LogP contribution in [0.2, 0.25) is 0 Å². The van der Waals surface area contributed by atoms with E-state index in [-0.39, 0.29) is 66.1 Å². The maximum atomic E-state index is 14.6. The van der Waals surface area contributed by atoms with E-state index in [0.29, 0.717) is 77.9 Å². The number of carbonyl (C=O) groups is 2. The summed E-state index contributed by atoms with van der Waals surface area (Å²) < 4.78 is 251. The van der Waals surface area contributed by atoms with E-state index in [2.05, 4.69) is 9.97 Å². The molecule has 6 aromatic carbocycles. The van der Waals surface area contributed by atoms with E-state index in [9.17, 15) is 59.8 Å². The largest absolute Gasteiger partial charge is 0.416 e. The van der Waals surface area contributed by atoms with Gasteiger partial charge in [0.05, 0.1) is 26.2 Å². The lowest BCUT2D eigenvalue weighted by atomic mass is 9.98. The molecule has 96 heavy (non-hydrogen) atoms. The Morgan fingerprint density at radius 1 is 0.573 bits per heavy atom. The number of thioether (sulfide) groups is 2. The molecule has 1 unspecified atom stereocenters. The van der Waals surface area contributed by atoms with Crippen LogP contribution in [0.3, 0.4) is 0 Å². The second kappa shape index (κ2) is 32.9. The van der Waals surface area contributed by atoms with E-state index in [0.717, 1.165) is 59.0 Å². The van der Waals surface area contributed by atoms with Crippen molar-refractivity contribution in [3.8, 4) is 22.3 Å². The van der Waals surface area contributed by atoms with Gasteiger partial charge in [-0.05, 0) is 164 Å². The summed E-state index contributed by atoms with van der Waals surface area (Å²) in [5, 5.41) is -0.535. The van der Waals surface area contributed by atoms with Gasteiger partial charge in [-0.3, -0.25) is 19.2 Å². The van der Waals surface area contributed by atoms with Crippen LogP contribution in [0.25, 0.3) is 22.3 Å². The summed E-state index contributed by atoms with van der Waals surface area (Å²) in [5.74, 6) is -5.76. The number of fused-ring (bicyclic) bond motifs is 2. The standard InChI is InChI=1S/2C37H40F4N4O2S/c1-4-43(5-2)18-19-44(22-26-6-10-28(11-7-26)29-12-14-30(15-13-29)37(39,40)41)34(46)23-45-33-21-25(3)20-32(33)35(47)42-36(45)48-24-27-8-16-31(38)17-9-27;1-4-43(5-2)19-20-44(22-26-9-13-28(14-10-26)29-15-18-32(25(3)21-29)37(39,40)41)34(46)23-45-33-8-6-7-31(33)35(47)42-36(45)48-24-27-11-16-30(38)17-12-27/h6-17,25H,4-5,18-24H2,1-3H3;9-18,21H,4-8,19-20,22-24H2,1-3H3/i20D2,21D2,23D2,25D;9D,10D,13D,14D,15D,18D,21D,23D2. The van der Waals surface area contributed by atoms with Gasteiger partial charge in [0, 0.05) is 80.1 Å². The quantitative estimate of drug-likeness (QED) is 0.0295. The maximum absolute atomic E-state index is 14.6. The van der Waals surface area contributed by atoms with Gasteiger partial charge in [-0.2, -0.15) is 36.3 Å². The van der Waals surface area contributed by atoms with Gasteiger partial charge in [-0.25, -0.2) is 8.78 Å². The first kappa shape index (κ1) is 53.2. The Bertz CT molecular complexity index is 4900. The van der Waals surface area contributed by atoms with Crippen LogP contribution in [0.1, 0.15) is 124 Å². The zero-order chi connectivity index (χ0) is 83.0. The number of alkyl halides is 6. The fourth-order valence-corrected chi connectivity index (χ4v) is 12.3.